The molecule has 4 heteroatoms. The first-order valence-corrected chi connectivity index (χ1v) is 14.9. The van der Waals surface area contributed by atoms with Crippen LogP contribution in [0.15, 0.2) is 47.1 Å². The van der Waals surface area contributed by atoms with Crippen molar-refractivity contribution in [3.63, 3.8) is 0 Å². The fraction of sp³-hybridized carbons (Fsp3) is 0.706. The van der Waals surface area contributed by atoms with Crippen molar-refractivity contribution in [2.75, 3.05) is 6.61 Å². The Morgan fingerprint density at radius 1 is 0.763 bits per heavy atom. The van der Waals surface area contributed by atoms with E-state index in [2.05, 4.69) is 53.7 Å². The minimum Gasteiger partial charge on any atom is -0.478 e. The van der Waals surface area contributed by atoms with Crippen LogP contribution in [0.5, 0.6) is 0 Å². The minimum atomic E-state index is -0.797. The summed E-state index contributed by atoms with van der Waals surface area (Å²) in [7, 11) is 0. The fourth-order valence-electron chi connectivity index (χ4n) is 4.07. The van der Waals surface area contributed by atoms with Gasteiger partial charge >= 0.3 is 11.9 Å². The molecule has 0 radical (unpaired) electrons. The van der Waals surface area contributed by atoms with Crippen molar-refractivity contribution in [1.82, 2.24) is 0 Å². The molecule has 2 atom stereocenters. The van der Waals surface area contributed by atoms with Crippen LogP contribution in [0.25, 0.3) is 0 Å². The Morgan fingerprint density at radius 2 is 1.24 bits per heavy atom. The molecule has 0 rings (SSSR count). The van der Waals surface area contributed by atoms with Crippen LogP contribution in [0, 0.1) is 23.7 Å². The molecule has 0 aromatic heterocycles. The fourth-order valence-corrected chi connectivity index (χ4v) is 4.07. The van der Waals surface area contributed by atoms with Gasteiger partial charge in [0, 0.05) is 11.6 Å². The number of hydrogen-bond donors (Lipinski definition) is 1. The molecule has 0 aliphatic carbocycles. The molecule has 0 spiro atoms. The summed E-state index contributed by atoms with van der Waals surface area (Å²) < 4.78 is 4.87. The first kappa shape index (κ1) is 38.0. The van der Waals surface area contributed by atoms with E-state index in [1.807, 2.05) is 39.8 Å². The first-order chi connectivity index (χ1) is 17.8. The Labute approximate surface area is 235 Å². The van der Waals surface area contributed by atoms with Crippen molar-refractivity contribution in [3.05, 3.63) is 47.1 Å². The number of carboxylic acid groups (broad SMARTS) is 1. The van der Waals surface area contributed by atoms with E-state index in [0.29, 0.717) is 30.4 Å². The predicted octanol–water partition coefficient (Wildman–Crippen LogP) is 10.1. The van der Waals surface area contributed by atoms with E-state index in [1.165, 1.54) is 38.5 Å². The second kappa shape index (κ2) is 24.0. The Bertz CT molecular complexity index is 750. The molecule has 0 aliphatic heterocycles. The molecule has 4 nitrogen and oxygen atoms in total. The van der Waals surface area contributed by atoms with Gasteiger partial charge in [-0.05, 0) is 74.9 Å². The summed E-state index contributed by atoms with van der Waals surface area (Å²) >= 11 is 0. The summed E-state index contributed by atoms with van der Waals surface area (Å²) in [6.07, 6.45) is 20.2. The molecular weight excluding hydrogens is 472 g/mol. The highest BCUT2D eigenvalue weighted by Crippen LogP contribution is 2.17. The highest BCUT2D eigenvalue weighted by molar-refractivity contribution is 5.87. The van der Waals surface area contributed by atoms with E-state index >= 15 is 0 Å². The number of rotatable bonds is 18. The van der Waals surface area contributed by atoms with Crippen LogP contribution in [0.1, 0.15) is 127 Å². The molecule has 0 bridgehead atoms. The normalized spacial score (nSPS) is 14.5. The van der Waals surface area contributed by atoms with Gasteiger partial charge in [0.1, 0.15) is 0 Å². The molecule has 0 fully saturated rings. The number of aliphatic carboxylic acids is 1. The third kappa shape index (κ3) is 24.2. The average Bonchev–Trinajstić information content (AvgIpc) is 2.79. The molecule has 38 heavy (non-hydrogen) atoms. The Kier molecular flexibility index (Phi) is 24.0. The lowest BCUT2D eigenvalue weighted by Crippen LogP contribution is -2.01. The maximum absolute atomic E-state index is 11.2. The van der Waals surface area contributed by atoms with Gasteiger partial charge in [0.05, 0.1) is 6.61 Å². The van der Waals surface area contributed by atoms with Crippen molar-refractivity contribution in [1.29, 1.82) is 0 Å². The van der Waals surface area contributed by atoms with E-state index < -0.39 is 5.97 Å². The van der Waals surface area contributed by atoms with E-state index in [4.69, 9.17) is 9.84 Å². The third-order valence-corrected chi connectivity index (χ3v) is 6.50. The topological polar surface area (TPSA) is 63.6 Å². The zero-order chi connectivity index (χ0) is 29.5. The summed E-state index contributed by atoms with van der Waals surface area (Å²) in [6.45, 7) is 21.6. The van der Waals surface area contributed by atoms with Crippen molar-refractivity contribution >= 4 is 11.9 Å². The lowest BCUT2D eigenvalue weighted by Gasteiger charge is -2.10. The number of esters is 1. The summed E-state index contributed by atoms with van der Waals surface area (Å²) in [5.41, 5.74) is 2.35. The van der Waals surface area contributed by atoms with Crippen LogP contribution in [-0.2, 0) is 14.3 Å². The predicted molar refractivity (Wildman–Crippen MR) is 164 cm³/mol. The quantitative estimate of drug-likeness (QED) is 0.108. The van der Waals surface area contributed by atoms with Crippen LogP contribution < -0.4 is 0 Å². The molecule has 0 aromatic rings. The zero-order valence-electron chi connectivity index (χ0n) is 26.4. The second-order valence-corrected chi connectivity index (χ2v) is 11.6. The van der Waals surface area contributed by atoms with Gasteiger partial charge in [-0.25, -0.2) is 9.59 Å². The van der Waals surface area contributed by atoms with Crippen molar-refractivity contribution in [3.8, 4) is 0 Å². The van der Waals surface area contributed by atoms with Gasteiger partial charge in [0.15, 0.2) is 0 Å². The number of carboxylic acids is 1. The van der Waals surface area contributed by atoms with Gasteiger partial charge in [-0.3, -0.25) is 0 Å². The number of carbonyl (C=O) groups excluding carboxylic acids is 1. The van der Waals surface area contributed by atoms with Crippen molar-refractivity contribution in [2.45, 2.75) is 127 Å². The average molecular weight is 533 g/mol. The van der Waals surface area contributed by atoms with E-state index in [-0.39, 0.29) is 5.97 Å². The number of allylic oxidation sites excluding steroid dienone is 6. The summed E-state index contributed by atoms with van der Waals surface area (Å²) in [5, 5.41) is 9.03. The number of hydrogen-bond acceptors (Lipinski definition) is 3. The Hall–Kier alpha value is -2.10. The monoisotopic (exact) mass is 532 g/mol. The molecule has 0 aromatic carbocycles. The lowest BCUT2D eigenvalue weighted by molar-refractivity contribution is -0.137. The van der Waals surface area contributed by atoms with Crippen LogP contribution in [0.3, 0.4) is 0 Å². The molecule has 0 amide bonds. The lowest BCUT2D eigenvalue weighted by atomic mass is 9.96. The molecule has 220 valence electrons. The molecule has 0 aliphatic rings. The van der Waals surface area contributed by atoms with Gasteiger partial charge in [-0.15, -0.1) is 0 Å². The molecule has 1 N–H and O–H groups in total. The summed E-state index contributed by atoms with van der Waals surface area (Å²) in [5.74, 6) is 1.93. The van der Waals surface area contributed by atoms with E-state index in [9.17, 15) is 9.59 Å². The van der Waals surface area contributed by atoms with Crippen LogP contribution in [0.2, 0.25) is 0 Å². The summed E-state index contributed by atoms with van der Waals surface area (Å²) in [6, 6.07) is 0. The molecule has 0 saturated carbocycles. The van der Waals surface area contributed by atoms with Gasteiger partial charge in [0.2, 0.25) is 0 Å². The standard InChI is InChI=1S/2C17H30O2/c1-6-19-17(18)13-16(5)12-8-11-15(4)10-7-9-14(2)3;1-6-16(17(18)19)15(5)12-8-11-14(4)10-7-9-13(2)3/h8,12-15H,6-7,9-11H2,1-5H3;8,12-14H,6-7,9-11H2,1-5H3,(H,18,19)/b12-8+,16-13+;12-8+,16-15+. The Morgan fingerprint density at radius 3 is 1.63 bits per heavy atom. The number of carbonyl (C=O) groups is 2. The van der Waals surface area contributed by atoms with Crippen LogP contribution >= 0.6 is 0 Å². The van der Waals surface area contributed by atoms with Gasteiger partial charge in [0.25, 0.3) is 0 Å². The van der Waals surface area contributed by atoms with Gasteiger partial charge in [-0.1, -0.05) is 111 Å². The molecule has 2 unspecified atom stereocenters. The molecule has 0 saturated heterocycles. The van der Waals surface area contributed by atoms with E-state index in [1.54, 1.807) is 6.08 Å². The number of ether oxygens (including phenoxy) is 1. The maximum atomic E-state index is 11.2. The highest BCUT2D eigenvalue weighted by atomic mass is 16.5. The highest BCUT2D eigenvalue weighted by Gasteiger charge is 2.07. The third-order valence-electron chi connectivity index (χ3n) is 6.50. The second-order valence-electron chi connectivity index (χ2n) is 11.6. The van der Waals surface area contributed by atoms with Crippen LogP contribution in [0.4, 0.5) is 0 Å². The van der Waals surface area contributed by atoms with Gasteiger partial charge in [-0.2, -0.15) is 0 Å². The minimum absolute atomic E-state index is 0.255. The largest absolute Gasteiger partial charge is 0.478 e. The van der Waals surface area contributed by atoms with Crippen molar-refractivity contribution < 1.29 is 19.4 Å². The SMILES string of the molecule is CC/C(C(=O)O)=C(C)\C=C\CC(C)CCCC(C)C.CCOC(=O)/C=C(C)/C=C/CC(C)CCCC(C)C. The first-order valence-electron chi connectivity index (χ1n) is 14.9. The van der Waals surface area contributed by atoms with Gasteiger partial charge < -0.3 is 9.84 Å². The Balaban J connectivity index is 0. The maximum Gasteiger partial charge on any atom is 0.331 e. The van der Waals surface area contributed by atoms with E-state index in [0.717, 1.165) is 35.8 Å². The summed E-state index contributed by atoms with van der Waals surface area (Å²) in [4.78, 5) is 22.2. The smallest absolute Gasteiger partial charge is 0.331 e. The molecule has 0 heterocycles. The van der Waals surface area contributed by atoms with Crippen LogP contribution in [-0.4, -0.2) is 23.7 Å². The zero-order valence-corrected chi connectivity index (χ0v) is 26.4. The molecular formula is C34H60O4. The van der Waals surface area contributed by atoms with Crippen molar-refractivity contribution in [2.24, 2.45) is 23.7 Å².